The molecule has 0 saturated heterocycles. The lowest BCUT2D eigenvalue weighted by atomic mass is 9.94. The van der Waals surface area contributed by atoms with Crippen molar-refractivity contribution in [2.24, 2.45) is 0 Å². The SMILES string of the molecule is CCCCSc1nc2n(n1)C(c1ccc(OCc3c(Cl)cccc3Cl)c(OC)c1)C(C(=O)Nc1cccc(C)c1C)=C(C)N2. The molecule has 230 valence electrons. The third-order valence-electron chi connectivity index (χ3n) is 7.60. The van der Waals surface area contributed by atoms with Crippen molar-refractivity contribution in [2.45, 2.75) is 58.3 Å². The van der Waals surface area contributed by atoms with Gasteiger partial charge in [-0.25, -0.2) is 4.68 Å². The highest BCUT2D eigenvalue weighted by atomic mass is 35.5. The number of fused-ring (bicyclic) bond motifs is 1. The Bertz CT molecular complexity index is 1700. The molecule has 3 aromatic carbocycles. The predicted octanol–water partition coefficient (Wildman–Crippen LogP) is 8.61. The van der Waals surface area contributed by atoms with Crippen LogP contribution in [0.3, 0.4) is 0 Å². The zero-order valence-electron chi connectivity index (χ0n) is 25.3. The van der Waals surface area contributed by atoms with E-state index in [2.05, 4.69) is 17.6 Å². The van der Waals surface area contributed by atoms with Gasteiger partial charge in [0.05, 0.1) is 12.7 Å². The zero-order valence-corrected chi connectivity index (χ0v) is 27.7. The van der Waals surface area contributed by atoms with Crippen LogP contribution in [0, 0.1) is 13.8 Å². The Morgan fingerprint density at radius 1 is 1.07 bits per heavy atom. The molecule has 8 nitrogen and oxygen atoms in total. The van der Waals surface area contributed by atoms with Crippen LogP contribution < -0.4 is 20.1 Å². The number of nitrogens with zero attached hydrogens (tertiary/aromatic N) is 3. The molecule has 0 spiro atoms. The number of aromatic nitrogens is 3. The number of carbonyl (C=O) groups is 1. The smallest absolute Gasteiger partial charge is 0.255 e. The van der Waals surface area contributed by atoms with Crippen molar-refractivity contribution >= 4 is 52.5 Å². The van der Waals surface area contributed by atoms with Gasteiger partial charge in [0.1, 0.15) is 12.6 Å². The van der Waals surface area contributed by atoms with Gasteiger partial charge >= 0.3 is 0 Å². The lowest BCUT2D eigenvalue weighted by Gasteiger charge is -2.29. The standard InChI is InChI=1S/C33H35Cl2N5O3S/c1-6-7-16-44-33-38-32-36-21(4)29(31(41)37-26-13-8-10-19(2)20(26)3)30(40(32)39-33)22-14-15-27(28(17-22)42-5)43-18-23-24(34)11-9-12-25(23)35/h8-15,17,30H,6-7,16,18H2,1-5H3,(H,37,41)(H,36,38,39). The van der Waals surface area contributed by atoms with Crippen LogP contribution in [-0.4, -0.2) is 33.5 Å². The molecule has 0 radical (unpaired) electrons. The van der Waals surface area contributed by atoms with Gasteiger partial charge in [0.15, 0.2) is 11.5 Å². The van der Waals surface area contributed by atoms with E-state index in [1.54, 1.807) is 41.8 Å². The fourth-order valence-electron chi connectivity index (χ4n) is 4.97. The van der Waals surface area contributed by atoms with Crippen LogP contribution in [0.2, 0.25) is 10.0 Å². The second kappa shape index (κ2) is 14.0. The maximum atomic E-state index is 14.0. The predicted molar refractivity (Wildman–Crippen MR) is 178 cm³/mol. The molecule has 1 aliphatic rings. The summed E-state index contributed by atoms with van der Waals surface area (Å²) in [7, 11) is 1.58. The maximum Gasteiger partial charge on any atom is 0.255 e. The van der Waals surface area contributed by atoms with Gasteiger partial charge in [-0.1, -0.05) is 72.6 Å². The second-order valence-electron chi connectivity index (χ2n) is 10.5. The van der Waals surface area contributed by atoms with Crippen molar-refractivity contribution < 1.29 is 14.3 Å². The molecule has 0 aliphatic carbocycles. The molecule has 1 unspecified atom stereocenters. The molecule has 0 bridgehead atoms. The third kappa shape index (κ3) is 6.70. The van der Waals surface area contributed by atoms with Gasteiger partial charge in [-0.15, -0.1) is 5.10 Å². The summed E-state index contributed by atoms with van der Waals surface area (Å²) in [5.74, 6) is 2.25. The number of hydrogen-bond donors (Lipinski definition) is 2. The molecule has 0 saturated carbocycles. The molecule has 1 aliphatic heterocycles. The van der Waals surface area contributed by atoms with E-state index in [1.807, 2.05) is 57.2 Å². The third-order valence-corrected chi connectivity index (χ3v) is 9.23. The maximum absolute atomic E-state index is 14.0. The van der Waals surface area contributed by atoms with Crippen LogP contribution in [0.15, 0.2) is 71.0 Å². The Kier molecular flexibility index (Phi) is 10.1. The van der Waals surface area contributed by atoms with Crippen LogP contribution in [0.25, 0.3) is 0 Å². The topological polar surface area (TPSA) is 90.3 Å². The van der Waals surface area contributed by atoms with Crippen molar-refractivity contribution in [1.82, 2.24) is 14.8 Å². The molecule has 1 aromatic heterocycles. The fourth-order valence-corrected chi connectivity index (χ4v) is 6.39. The van der Waals surface area contributed by atoms with Gasteiger partial charge in [0.25, 0.3) is 5.91 Å². The van der Waals surface area contributed by atoms with Crippen molar-refractivity contribution in [1.29, 1.82) is 0 Å². The first-order chi connectivity index (χ1) is 21.2. The number of amides is 1. The number of halogens is 2. The number of carbonyl (C=O) groups excluding carboxylic acids is 1. The highest BCUT2D eigenvalue weighted by Crippen LogP contribution is 2.40. The first kappa shape index (κ1) is 31.8. The highest BCUT2D eigenvalue weighted by molar-refractivity contribution is 7.99. The molecule has 44 heavy (non-hydrogen) atoms. The van der Waals surface area contributed by atoms with Crippen LogP contribution in [-0.2, 0) is 11.4 Å². The average Bonchev–Trinajstić information content (AvgIpc) is 3.40. The number of thioether (sulfide) groups is 1. The normalized spacial score (nSPS) is 14.2. The molecule has 11 heteroatoms. The van der Waals surface area contributed by atoms with Crippen molar-refractivity contribution in [3.05, 3.63) is 98.2 Å². The minimum atomic E-state index is -0.578. The van der Waals surface area contributed by atoms with E-state index in [1.165, 1.54) is 0 Å². The summed E-state index contributed by atoms with van der Waals surface area (Å²) in [5, 5.41) is 13.0. The van der Waals surface area contributed by atoms with E-state index in [0.717, 1.165) is 41.0 Å². The van der Waals surface area contributed by atoms with Crippen LogP contribution in [0.5, 0.6) is 11.5 Å². The molecule has 4 aromatic rings. The van der Waals surface area contributed by atoms with E-state index < -0.39 is 6.04 Å². The molecule has 2 heterocycles. The monoisotopic (exact) mass is 651 g/mol. The number of nitrogens with one attached hydrogen (secondary N) is 2. The summed E-state index contributed by atoms with van der Waals surface area (Å²) in [6.07, 6.45) is 2.14. The fraction of sp³-hybridized carbons (Fsp3) is 0.303. The van der Waals surface area contributed by atoms with Gasteiger partial charge in [0.2, 0.25) is 11.1 Å². The van der Waals surface area contributed by atoms with Gasteiger partial charge in [-0.3, -0.25) is 4.79 Å². The number of allylic oxidation sites excluding steroid dienone is 1. The molecule has 5 rings (SSSR count). The van der Waals surface area contributed by atoms with Crippen molar-refractivity contribution in [3.8, 4) is 11.5 Å². The van der Waals surface area contributed by atoms with Crippen molar-refractivity contribution in [2.75, 3.05) is 23.5 Å². The lowest BCUT2D eigenvalue weighted by molar-refractivity contribution is -0.113. The zero-order chi connectivity index (χ0) is 31.4. The lowest BCUT2D eigenvalue weighted by Crippen LogP contribution is -2.31. The van der Waals surface area contributed by atoms with Crippen LogP contribution in [0.4, 0.5) is 11.6 Å². The van der Waals surface area contributed by atoms with Gasteiger partial charge in [-0.05, 0) is 74.2 Å². The van der Waals surface area contributed by atoms with Crippen molar-refractivity contribution in [3.63, 3.8) is 0 Å². The Morgan fingerprint density at radius 3 is 2.55 bits per heavy atom. The number of hydrogen-bond acceptors (Lipinski definition) is 7. The molecular weight excluding hydrogens is 617 g/mol. The number of aryl methyl sites for hydroxylation is 1. The summed E-state index contributed by atoms with van der Waals surface area (Å²) in [4.78, 5) is 18.8. The number of anilines is 2. The summed E-state index contributed by atoms with van der Waals surface area (Å²) in [6, 6.07) is 16.2. The van der Waals surface area contributed by atoms with Gasteiger partial charge in [0, 0.05) is 32.7 Å². The summed E-state index contributed by atoms with van der Waals surface area (Å²) in [6.45, 7) is 8.22. The number of methoxy groups -OCH3 is 1. The van der Waals surface area contributed by atoms with E-state index >= 15 is 0 Å². The van der Waals surface area contributed by atoms with Gasteiger partial charge in [-0.2, -0.15) is 4.98 Å². The van der Waals surface area contributed by atoms with Gasteiger partial charge < -0.3 is 20.1 Å². The second-order valence-corrected chi connectivity index (χ2v) is 12.4. The quantitative estimate of drug-likeness (QED) is 0.124. The first-order valence-electron chi connectivity index (χ1n) is 14.4. The van der Waals surface area contributed by atoms with E-state index in [9.17, 15) is 4.79 Å². The van der Waals surface area contributed by atoms with E-state index in [-0.39, 0.29) is 12.5 Å². The molecule has 1 atom stereocenters. The summed E-state index contributed by atoms with van der Waals surface area (Å²) < 4.78 is 13.6. The Hall–Kier alpha value is -3.66. The average molecular weight is 653 g/mol. The number of benzene rings is 3. The minimum absolute atomic E-state index is 0.162. The minimum Gasteiger partial charge on any atom is -0.493 e. The Balaban J connectivity index is 1.52. The summed E-state index contributed by atoms with van der Waals surface area (Å²) in [5.41, 5.74) is 5.55. The number of rotatable bonds is 11. The largest absolute Gasteiger partial charge is 0.493 e. The molecular formula is C33H35Cl2N5O3S. The first-order valence-corrected chi connectivity index (χ1v) is 16.1. The van der Waals surface area contributed by atoms with E-state index in [0.29, 0.717) is 49.5 Å². The van der Waals surface area contributed by atoms with Crippen LogP contribution in [0.1, 0.15) is 55.0 Å². The van der Waals surface area contributed by atoms with E-state index in [4.69, 9.17) is 42.8 Å². The Morgan fingerprint density at radius 2 is 1.82 bits per heavy atom. The molecule has 1 amide bonds. The Labute approximate surface area is 272 Å². The molecule has 0 fully saturated rings. The number of unbranched alkanes of at least 4 members (excludes halogenated alkanes) is 1. The highest BCUT2D eigenvalue weighted by Gasteiger charge is 2.35. The van der Waals surface area contributed by atoms with Crippen LogP contribution >= 0.6 is 35.0 Å². The summed E-state index contributed by atoms with van der Waals surface area (Å²) >= 11 is 14.3. The molecule has 2 N–H and O–H groups in total. The number of ether oxygens (including phenoxy) is 2.